The highest BCUT2D eigenvalue weighted by Crippen LogP contribution is 2.62. The molecule has 0 aromatic heterocycles. The van der Waals surface area contributed by atoms with Crippen LogP contribution in [0, 0.1) is 36.3 Å². The van der Waals surface area contributed by atoms with Gasteiger partial charge in [0.1, 0.15) is 0 Å². The van der Waals surface area contributed by atoms with Crippen molar-refractivity contribution in [3.05, 3.63) is 34.9 Å². The molecule has 0 aliphatic heterocycles. The molecule has 0 heterocycles. The molecule has 0 spiro atoms. The van der Waals surface area contributed by atoms with E-state index < -0.39 is 11.6 Å². The maximum Gasteiger partial charge on any atom is 0.163 e. The lowest BCUT2D eigenvalue weighted by atomic mass is 9.96. The average molecular weight is 252 g/mol. The monoisotopic (exact) mass is 252 g/mol. The van der Waals surface area contributed by atoms with Crippen molar-refractivity contribution in [1.82, 2.24) is 5.43 Å². The van der Waals surface area contributed by atoms with Gasteiger partial charge in [-0.25, -0.2) is 8.78 Å². The molecule has 0 bridgehead atoms. The van der Waals surface area contributed by atoms with Crippen LogP contribution in [0.3, 0.4) is 0 Å². The summed E-state index contributed by atoms with van der Waals surface area (Å²) >= 11 is 0. The summed E-state index contributed by atoms with van der Waals surface area (Å²) in [4.78, 5) is 0. The predicted octanol–water partition coefficient (Wildman–Crippen LogP) is 2.82. The minimum absolute atomic E-state index is 0.254. The van der Waals surface area contributed by atoms with Crippen LogP contribution in [0.25, 0.3) is 0 Å². The second-order valence-electron chi connectivity index (χ2n) is 5.58. The third-order valence-corrected chi connectivity index (χ3v) is 4.68. The largest absolute Gasteiger partial charge is 0.271 e. The first-order chi connectivity index (χ1) is 8.65. The van der Waals surface area contributed by atoms with Crippen molar-refractivity contribution in [2.45, 2.75) is 32.2 Å². The molecule has 4 heteroatoms. The zero-order chi connectivity index (χ0) is 12.9. The van der Waals surface area contributed by atoms with E-state index in [1.807, 2.05) is 0 Å². The summed E-state index contributed by atoms with van der Waals surface area (Å²) in [6, 6.07) is 3.03. The van der Waals surface area contributed by atoms with E-state index in [-0.39, 0.29) is 6.04 Å². The Kier molecular flexibility index (Phi) is 2.87. The molecular formula is C14H18F2N2. The third kappa shape index (κ3) is 1.67. The standard InChI is InChI=1S/C14H18F2N2/c1-7-5-6-10(13(16)12(7)15)14(18-17)11-8-3-2-4-9(8)11/h5-6,8-9,11,14,18H,2-4,17H2,1H3. The van der Waals surface area contributed by atoms with E-state index in [0.29, 0.717) is 28.9 Å². The van der Waals surface area contributed by atoms with Gasteiger partial charge in [-0.15, -0.1) is 0 Å². The molecule has 3 rings (SSSR count). The highest BCUT2D eigenvalue weighted by atomic mass is 19.2. The molecule has 0 radical (unpaired) electrons. The lowest BCUT2D eigenvalue weighted by Gasteiger charge is -2.19. The molecule has 3 N–H and O–H groups in total. The minimum atomic E-state index is -0.751. The predicted molar refractivity (Wildman–Crippen MR) is 65.5 cm³/mol. The number of hydrogen-bond donors (Lipinski definition) is 2. The molecular weight excluding hydrogens is 234 g/mol. The molecule has 18 heavy (non-hydrogen) atoms. The minimum Gasteiger partial charge on any atom is -0.271 e. The SMILES string of the molecule is Cc1ccc(C(NN)C2C3CCCC32)c(F)c1F. The fourth-order valence-corrected chi connectivity index (χ4v) is 3.68. The zero-order valence-electron chi connectivity index (χ0n) is 10.4. The van der Waals surface area contributed by atoms with Gasteiger partial charge in [-0.2, -0.15) is 0 Å². The van der Waals surface area contributed by atoms with Crippen LogP contribution in [0.4, 0.5) is 8.78 Å². The average Bonchev–Trinajstić information content (AvgIpc) is 2.84. The third-order valence-electron chi connectivity index (χ3n) is 4.68. The molecule has 2 fully saturated rings. The van der Waals surface area contributed by atoms with E-state index in [2.05, 4.69) is 5.43 Å². The summed E-state index contributed by atoms with van der Waals surface area (Å²) in [5.41, 5.74) is 3.40. The first-order valence-corrected chi connectivity index (χ1v) is 6.55. The topological polar surface area (TPSA) is 38.0 Å². The molecule has 3 atom stereocenters. The second-order valence-corrected chi connectivity index (χ2v) is 5.58. The van der Waals surface area contributed by atoms with Gasteiger partial charge in [0.25, 0.3) is 0 Å². The Hall–Kier alpha value is -1.00. The van der Waals surface area contributed by atoms with E-state index >= 15 is 0 Å². The van der Waals surface area contributed by atoms with Crippen molar-refractivity contribution < 1.29 is 8.78 Å². The van der Waals surface area contributed by atoms with Crippen molar-refractivity contribution in [1.29, 1.82) is 0 Å². The Morgan fingerprint density at radius 2 is 1.89 bits per heavy atom. The Bertz CT molecular complexity index is 465. The number of nitrogens with two attached hydrogens (primary N) is 1. The summed E-state index contributed by atoms with van der Waals surface area (Å²) in [5, 5.41) is 0. The quantitative estimate of drug-likeness (QED) is 0.641. The number of hydrogen-bond acceptors (Lipinski definition) is 2. The molecule has 1 aromatic carbocycles. The zero-order valence-corrected chi connectivity index (χ0v) is 10.4. The van der Waals surface area contributed by atoms with Gasteiger partial charge in [0.2, 0.25) is 0 Å². The van der Waals surface area contributed by atoms with Crippen molar-refractivity contribution in [2.24, 2.45) is 23.6 Å². The first-order valence-electron chi connectivity index (χ1n) is 6.55. The van der Waals surface area contributed by atoms with Crippen molar-refractivity contribution in [3.63, 3.8) is 0 Å². The molecule has 1 aromatic rings. The van der Waals surface area contributed by atoms with E-state index in [1.54, 1.807) is 19.1 Å². The number of hydrazine groups is 1. The van der Waals surface area contributed by atoms with Crippen LogP contribution >= 0.6 is 0 Å². The molecule has 0 saturated heterocycles. The van der Waals surface area contributed by atoms with Crippen LogP contribution < -0.4 is 11.3 Å². The number of halogens is 2. The highest BCUT2D eigenvalue weighted by Gasteiger charge is 2.56. The van der Waals surface area contributed by atoms with Gasteiger partial charge in [0.05, 0.1) is 6.04 Å². The lowest BCUT2D eigenvalue weighted by Crippen LogP contribution is -2.31. The van der Waals surface area contributed by atoms with Gasteiger partial charge in [0, 0.05) is 5.56 Å². The Morgan fingerprint density at radius 3 is 2.50 bits per heavy atom. The number of rotatable bonds is 3. The van der Waals surface area contributed by atoms with Gasteiger partial charge in [-0.3, -0.25) is 11.3 Å². The number of nitrogens with one attached hydrogen (secondary N) is 1. The lowest BCUT2D eigenvalue weighted by molar-refractivity contribution is 0.398. The van der Waals surface area contributed by atoms with Crippen LogP contribution in [0.15, 0.2) is 12.1 Å². The smallest absolute Gasteiger partial charge is 0.163 e. The normalized spacial score (nSPS) is 31.2. The molecule has 0 amide bonds. The van der Waals surface area contributed by atoms with E-state index in [4.69, 9.17) is 5.84 Å². The first kappa shape index (κ1) is 12.1. The van der Waals surface area contributed by atoms with Gasteiger partial charge in [0.15, 0.2) is 11.6 Å². The fraction of sp³-hybridized carbons (Fsp3) is 0.571. The van der Waals surface area contributed by atoms with Crippen molar-refractivity contribution in [3.8, 4) is 0 Å². The van der Waals surface area contributed by atoms with Crippen LogP contribution in [-0.4, -0.2) is 0 Å². The summed E-state index contributed by atoms with van der Waals surface area (Å²) < 4.78 is 27.6. The van der Waals surface area contributed by atoms with Gasteiger partial charge in [-0.1, -0.05) is 18.6 Å². The maximum absolute atomic E-state index is 14.0. The Morgan fingerprint density at radius 1 is 1.22 bits per heavy atom. The van der Waals surface area contributed by atoms with Crippen LogP contribution in [-0.2, 0) is 0 Å². The number of aryl methyl sites for hydroxylation is 1. The van der Waals surface area contributed by atoms with Crippen molar-refractivity contribution in [2.75, 3.05) is 0 Å². The highest BCUT2D eigenvalue weighted by molar-refractivity contribution is 5.30. The van der Waals surface area contributed by atoms with Crippen LogP contribution in [0.1, 0.15) is 36.4 Å². The van der Waals surface area contributed by atoms with Crippen LogP contribution in [0.2, 0.25) is 0 Å². The number of fused-ring (bicyclic) bond motifs is 1. The summed E-state index contributed by atoms with van der Waals surface area (Å²) in [7, 11) is 0. The molecule has 2 saturated carbocycles. The summed E-state index contributed by atoms with van der Waals surface area (Å²) in [6.45, 7) is 1.57. The second kappa shape index (κ2) is 4.28. The van der Waals surface area contributed by atoms with Crippen molar-refractivity contribution >= 4 is 0 Å². The molecule has 2 aliphatic carbocycles. The Balaban J connectivity index is 1.91. The summed E-state index contributed by atoms with van der Waals surface area (Å²) in [6.07, 6.45) is 3.65. The van der Waals surface area contributed by atoms with Crippen LogP contribution in [0.5, 0.6) is 0 Å². The van der Waals surface area contributed by atoms with Gasteiger partial charge >= 0.3 is 0 Å². The van der Waals surface area contributed by atoms with E-state index in [1.165, 1.54) is 19.3 Å². The molecule has 98 valence electrons. The summed E-state index contributed by atoms with van der Waals surface area (Å²) in [5.74, 6) is 5.74. The van der Waals surface area contributed by atoms with E-state index in [9.17, 15) is 8.78 Å². The van der Waals surface area contributed by atoms with Gasteiger partial charge < -0.3 is 0 Å². The van der Waals surface area contributed by atoms with E-state index in [0.717, 1.165) is 0 Å². The molecule has 2 aliphatic rings. The maximum atomic E-state index is 14.0. The molecule has 3 unspecified atom stereocenters. The fourth-order valence-electron chi connectivity index (χ4n) is 3.68. The number of benzene rings is 1. The Labute approximate surface area is 106 Å². The van der Waals surface area contributed by atoms with Gasteiger partial charge in [-0.05, 0) is 43.1 Å². The molecule has 2 nitrogen and oxygen atoms in total.